The van der Waals surface area contributed by atoms with Crippen molar-refractivity contribution in [3.63, 3.8) is 0 Å². The van der Waals surface area contributed by atoms with Crippen molar-refractivity contribution in [2.45, 2.75) is 51.7 Å². The maximum atomic E-state index is 9.57. The number of anilines is 2. The van der Waals surface area contributed by atoms with Gasteiger partial charge >= 0.3 is 0 Å². The van der Waals surface area contributed by atoms with Gasteiger partial charge in [-0.2, -0.15) is 0 Å². The number of aromatic nitrogens is 1. The van der Waals surface area contributed by atoms with E-state index in [1.54, 1.807) is 0 Å². The number of nitrogen functional groups attached to an aromatic ring is 1. The van der Waals surface area contributed by atoms with Crippen molar-refractivity contribution in [1.82, 2.24) is 5.16 Å². The normalized spacial score (nSPS) is 21.8. The summed E-state index contributed by atoms with van der Waals surface area (Å²) in [5, 5.41) is 17.1. The number of aryl methyl sites for hydroxylation is 2. The Morgan fingerprint density at radius 3 is 2.55 bits per heavy atom. The lowest BCUT2D eigenvalue weighted by Crippen LogP contribution is -2.28. The molecule has 3 rings (SSSR count). The topological polar surface area (TPSA) is 84.3 Å². The van der Waals surface area contributed by atoms with Gasteiger partial charge in [-0.25, -0.2) is 0 Å². The summed E-state index contributed by atoms with van der Waals surface area (Å²) in [5.41, 5.74) is 10.8. The van der Waals surface area contributed by atoms with Crippen LogP contribution >= 0.6 is 0 Å². The molecule has 0 radical (unpaired) electrons. The fourth-order valence-corrected chi connectivity index (χ4v) is 3.18. The first-order valence-electron chi connectivity index (χ1n) is 7.82. The third kappa shape index (κ3) is 2.95. The second-order valence-corrected chi connectivity index (χ2v) is 6.15. The maximum Gasteiger partial charge on any atom is 0.141 e. The van der Waals surface area contributed by atoms with Crippen LogP contribution in [0.5, 0.6) is 0 Å². The van der Waals surface area contributed by atoms with Crippen molar-refractivity contribution in [3.05, 3.63) is 29.7 Å². The first-order chi connectivity index (χ1) is 10.5. The largest absolute Gasteiger partial charge is 0.397 e. The lowest BCUT2D eigenvalue weighted by molar-refractivity contribution is 0.126. The zero-order valence-electron chi connectivity index (χ0n) is 13.1. The number of nitrogens with zero attached hydrogens (tertiary/aromatic N) is 1. The molecule has 5 heteroatoms. The Balaban J connectivity index is 1.78. The molecule has 1 heterocycles. The summed E-state index contributed by atoms with van der Waals surface area (Å²) in [4.78, 5) is 0. The first kappa shape index (κ1) is 14.9. The third-order valence-corrected chi connectivity index (χ3v) is 4.43. The minimum atomic E-state index is -0.141. The molecule has 5 nitrogen and oxygen atoms in total. The molecule has 0 amide bonds. The number of nitrogens with two attached hydrogens (primary N) is 1. The highest BCUT2D eigenvalue weighted by Crippen LogP contribution is 2.32. The predicted octanol–water partition coefficient (Wildman–Crippen LogP) is 3.26. The summed E-state index contributed by atoms with van der Waals surface area (Å²) in [7, 11) is 0. The van der Waals surface area contributed by atoms with Gasteiger partial charge in [0.1, 0.15) is 5.76 Å². The molecule has 1 aromatic heterocycles. The molecule has 4 N–H and O–H groups in total. The van der Waals surface area contributed by atoms with Gasteiger partial charge in [-0.3, -0.25) is 0 Å². The van der Waals surface area contributed by atoms with Crippen LogP contribution < -0.4 is 11.1 Å². The van der Waals surface area contributed by atoms with Crippen LogP contribution in [0.25, 0.3) is 11.1 Å². The highest BCUT2D eigenvalue weighted by atomic mass is 16.5. The quantitative estimate of drug-likeness (QED) is 0.758. The van der Waals surface area contributed by atoms with E-state index < -0.39 is 0 Å². The van der Waals surface area contributed by atoms with Crippen LogP contribution in [0.2, 0.25) is 0 Å². The molecule has 0 bridgehead atoms. The van der Waals surface area contributed by atoms with Crippen LogP contribution in [0.3, 0.4) is 0 Å². The first-order valence-corrected chi connectivity index (χ1v) is 7.82. The minimum Gasteiger partial charge on any atom is -0.397 e. The lowest BCUT2D eigenvalue weighted by atomic mass is 9.93. The van der Waals surface area contributed by atoms with Gasteiger partial charge in [0.2, 0.25) is 0 Å². The van der Waals surface area contributed by atoms with Crippen molar-refractivity contribution < 1.29 is 9.63 Å². The standard InChI is InChI=1S/C17H23N3O2/c1-10-17(11(2)22-20-10)12-3-8-16(15(18)9-12)19-13-4-6-14(21)7-5-13/h3,8-9,13-14,19,21H,4-7,18H2,1-2H3. The monoisotopic (exact) mass is 301 g/mol. The molecule has 1 fully saturated rings. The predicted molar refractivity (Wildman–Crippen MR) is 87.7 cm³/mol. The van der Waals surface area contributed by atoms with E-state index in [9.17, 15) is 5.11 Å². The molecule has 2 aromatic rings. The van der Waals surface area contributed by atoms with Crippen molar-refractivity contribution >= 4 is 11.4 Å². The fraction of sp³-hybridized carbons (Fsp3) is 0.471. The summed E-state index contributed by atoms with van der Waals surface area (Å²) in [5.74, 6) is 0.805. The van der Waals surface area contributed by atoms with Crippen LogP contribution in [-0.4, -0.2) is 22.4 Å². The molecule has 0 unspecified atom stereocenters. The Kier molecular flexibility index (Phi) is 4.07. The summed E-state index contributed by atoms with van der Waals surface area (Å²) < 4.78 is 5.22. The van der Waals surface area contributed by atoms with Crippen molar-refractivity contribution in [2.75, 3.05) is 11.1 Å². The average Bonchev–Trinajstić information content (AvgIpc) is 2.83. The van der Waals surface area contributed by atoms with Crippen molar-refractivity contribution in [2.24, 2.45) is 0 Å². The molecule has 22 heavy (non-hydrogen) atoms. The van der Waals surface area contributed by atoms with E-state index >= 15 is 0 Å². The minimum absolute atomic E-state index is 0.141. The molecule has 0 saturated heterocycles. The van der Waals surface area contributed by atoms with Gasteiger partial charge in [0, 0.05) is 11.6 Å². The molecule has 1 aliphatic rings. The van der Waals surface area contributed by atoms with E-state index in [4.69, 9.17) is 10.3 Å². The van der Waals surface area contributed by atoms with Crippen LogP contribution in [0.4, 0.5) is 11.4 Å². The molecule has 0 aliphatic heterocycles. The van der Waals surface area contributed by atoms with Gasteiger partial charge in [0.15, 0.2) is 0 Å². The lowest BCUT2D eigenvalue weighted by Gasteiger charge is -2.27. The zero-order chi connectivity index (χ0) is 15.7. The number of aliphatic hydroxyl groups excluding tert-OH is 1. The fourth-order valence-electron chi connectivity index (χ4n) is 3.18. The highest BCUT2D eigenvalue weighted by molar-refractivity contribution is 5.77. The van der Waals surface area contributed by atoms with Crippen LogP contribution in [-0.2, 0) is 0 Å². The Labute approximate surface area is 130 Å². The summed E-state index contributed by atoms with van der Waals surface area (Å²) in [6.45, 7) is 3.84. The summed E-state index contributed by atoms with van der Waals surface area (Å²) in [6, 6.07) is 6.41. The van der Waals surface area contributed by atoms with E-state index in [1.807, 2.05) is 32.0 Å². The molecule has 1 saturated carbocycles. The van der Waals surface area contributed by atoms with Crippen LogP contribution in [0, 0.1) is 13.8 Å². The van der Waals surface area contributed by atoms with Crippen molar-refractivity contribution in [3.8, 4) is 11.1 Å². The summed E-state index contributed by atoms with van der Waals surface area (Å²) >= 11 is 0. The number of aliphatic hydroxyl groups is 1. The average molecular weight is 301 g/mol. The van der Waals surface area contributed by atoms with Crippen LogP contribution in [0.1, 0.15) is 37.1 Å². The number of hydrogen-bond donors (Lipinski definition) is 3. The second-order valence-electron chi connectivity index (χ2n) is 6.15. The third-order valence-electron chi connectivity index (χ3n) is 4.43. The number of rotatable bonds is 3. The molecular formula is C17H23N3O2. The Bertz CT molecular complexity index is 638. The highest BCUT2D eigenvalue weighted by Gasteiger charge is 2.20. The van der Waals surface area contributed by atoms with E-state index in [0.29, 0.717) is 6.04 Å². The SMILES string of the molecule is Cc1noc(C)c1-c1ccc(NC2CCC(O)CC2)c(N)c1. The number of benzene rings is 1. The molecule has 0 spiro atoms. The van der Waals surface area contributed by atoms with E-state index in [0.717, 1.165) is 59.6 Å². The summed E-state index contributed by atoms with van der Waals surface area (Å²) in [6.07, 6.45) is 3.53. The van der Waals surface area contributed by atoms with Gasteiger partial charge in [0.05, 0.1) is 23.2 Å². The molecule has 1 aromatic carbocycles. The van der Waals surface area contributed by atoms with Gasteiger partial charge in [-0.1, -0.05) is 11.2 Å². The van der Waals surface area contributed by atoms with Gasteiger partial charge in [0.25, 0.3) is 0 Å². The van der Waals surface area contributed by atoms with Gasteiger partial charge in [-0.05, 0) is 57.2 Å². The number of hydrogen-bond acceptors (Lipinski definition) is 5. The van der Waals surface area contributed by atoms with Crippen molar-refractivity contribution in [1.29, 1.82) is 0 Å². The van der Waals surface area contributed by atoms with E-state index in [-0.39, 0.29) is 6.10 Å². The smallest absolute Gasteiger partial charge is 0.141 e. The molecular weight excluding hydrogens is 278 g/mol. The van der Waals surface area contributed by atoms with E-state index in [2.05, 4.69) is 10.5 Å². The Hall–Kier alpha value is -2.01. The van der Waals surface area contributed by atoms with Gasteiger partial charge in [-0.15, -0.1) is 0 Å². The Morgan fingerprint density at radius 1 is 1.23 bits per heavy atom. The second kappa shape index (κ2) is 6.01. The number of nitrogens with one attached hydrogen (secondary N) is 1. The molecule has 1 aliphatic carbocycles. The molecule has 0 atom stereocenters. The van der Waals surface area contributed by atoms with Gasteiger partial charge < -0.3 is 20.7 Å². The Morgan fingerprint density at radius 2 is 1.95 bits per heavy atom. The zero-order valence-corrected chi connectivity index (χ0v) is 13.1. The van der Waals surface area contributed by atoms with E-state index in [1.165, 1.54) is 0 Å². The molecule has 118 valence electrons. The maximum absolute atomic E-state index is 9.57. The van der Waals surface area contributed by atoms with Crippen LogP contribution in [0.15, 0.2) is 22.7 Å².